The smallest absolute Gasteiger partial charge is 0.407 e. The first-order chi connectivity index (χ1) is 12.5. The molecule has 0 aliphatic carbocycles. The van der Waals surface area contributed by atoms with Crippen LogP contribution in [-0.4, -0.2) is 56.0 Å². The van der Waals surface area contributed by atoms with Gasteiger partial charge in [0.05, 0.1) is 6.61 Å². The number of nitrogens with zero attached hydrogens (tertiary/aromatic N) is 5. The monoisotopic (exact) mass is 363 g/mol. The number of hydrogen-bond donors (Lipinski definition) is 1. The van der Waals surface area contributed by atoms with E-state index in [2.05, 4.69) is 15.5 Å². The van der Waals surface area contributed by atoms with E-state index < -0.39 is 11.9 Å². The Balaban J connectivity index is 1.44. The molecule has 1 aliphatic heterocycles. The Labute approximate surface area is 150 Å². The third kappa shape index (κ3) is 4.27. The highest BCUT2D eigenvalue weighted by atomic mass is 19.1. The molecule has 8 nitrogen and oxygen atoms in total. The van der Waals surface area contributed by atoms with Crippen molar-refractivity contribution in [3.05, 3.63) is 29.8 Å². The Morgan fingerprint density at radius 2 is 2.15 bits per heavy atom. The number of aryl methyl sites for hydroxylation is 1. The number of carbonyl (C=O) groups is 1. The lowest BCUT2D eigenvalue weighted by atomic mass is 9.92. The van der Waals surface area contributed by atoms with E-state index in [1.165, 1.54) is 15.6 Å². The van der Waals surface area contributed by atoms with Gasteiger partial charge in [-0.1, -0.05) is 0 Å². The third-order valence-corrected chi connectivity index (χ3v) is 4.68. The summed E-state index contributed by atoms with van der Waals surface area (Å²) in [7, 11) is 0. The van der Waals surface area contributed by atoms with Gasteiger partial charge in [-0.3, -0.25) is 0 Å². The highest BCUT2D eigenvalue weighted by Gasteiger charge is 2.21. The first-order valence-corrected chi connectivity index (χ1v) is 8.70. The molecule has 1 aromatic heterocycles. The van der Waals surface area contributed by atoms with E-state index in [1.54, 1.807) is 19.1 Å². The Morgan fingerprint density at radius 1 is 1.38 bits per heavy atom. The molecule has 0 radical (unpaired) electrons. The molecular formula is C17H22FN5O3. The van der Waals surface area contributed by atoms with Crippen molar-refractivity contribution >= 4 is 6.09 Å². The number of likely N-dealkylation sites (tertiary alicyclic amines) is 1. The number of amides is 1. The summed E-state index contributed by atoms with van der Waals surface area (Å²) in [6, 6.07) is 4.63. The van der Waals surface area contributed by atoms with Crippen LogP contribution in [0, 0.1) is 18.7 Å². The molecule has 0 atom stereocenters. The predicted octanol–water partition coefficient (Wildman–Crippen LogP) is 2.66. The number of halogens is 1. The summed E-state index contributed by atoms with van der Waals surface area (Å²) < 4.78 is 21.2. The van der Waals surface area contributed by atoms with Gasteiger partial charge in [-0.2, -0.15) is 4.68 Å². The summed E-state index contributed by atoms with van der Waals surface area (Å²) in [5.41, 5.74) is 0.282. The number of hydrogen-bond acceptors (Lipinski definition) is 5. The molecule has 1 aliphatic rings. The average Bonchev–Trinajstić information content (AvgIpc) is 3.05. The zero-order valence-electron chi connectivity index (χ0n) is 14.6. The van der Waals surface area contributed by atoms with Crippen LogP contribution in [0.4, 0.5) is 9.18 Å². The van der Waals surface area contributed by atoms with Gasteiger partial charge in [-0.05, 0) is 61.1 Å². The van der Waals surface area contributed by atoms with Crippen molar-refractivity contribution in [3.63, 3.8) is 0 Å². The molecule has 3 rings (SSSR count). The first-order valence-electron chi connectivity index (χ1n) is 8.70. The molecule has 2 aromatic rings. The molecule has 140 valence electrons. The predicted molar refractivity (Wildman–Crippen MR) is 90.9 cm³/mol. The van der Waals surface area contributed by atoms with Crippen LogP contribution < -0.4 is 4.74 Å². The number of piperidine rings is 1. The average molecular weight is 363 g/mol. The molecule has 1 N–H and O–H groups in total. The lowest BCUT2D eigenvalue weighted by Gasteiger charge is -2.29. The zero-order chi connectivity index (χ0) is 18.5. The second kappa shape index (κ2) is 8.11. The van der Waals surface area contributed by atoms with E-state index in [-0.39, 0.29) is 5.69 Å². The number of benzene rings is 1. The van der Waals surface area contributed by atoms with Crippen molar-refractivity contribution in [3.8, 4) is 11.4 Å². The summed E-state index contributed by atoms with van der Waals surface area (Å²) in [5, 5.41) is 20.0. The molecular weight excluding hydrogens is 341 g/mol. The summed E-state index contributed by atoms with van der Waals surface area (Å²) >= 11 is 0. The minimum Gasteiger partial charge on any atom is -0.493 e. The lowest BCUT2D eigenvalue weighted by Crippen LogP contribution is -2.37. The van der Waals surface area contributed by atoms with Gasteiger partial charge >= 0.3 is 6.09 Å². The Morgan fingerprint density at radius 3 is 2.77 bits per heavy atom. The summed E-state index contributed by atoms with van der Waals surface area (Å²) in [4.78, 5) is 12.3. The maximum atomic E-state index is 14.2. The molecule has 2 heterocycles. The number of carboxylic acid groups (broad SMARTS) is 1. The zero-order valence-corrected chi connectivity index (χ0v) is 14.6. The molecule has 0 saturated carbocycles. The molecule has 1 aromatic carbocycles. The van der Waals surface area contributed by atoms with Gasteiger partial charge in [0, 0.05) is 19.2 Å². The van der Waals surface area contributed by atoms with Gasteiger partial charge in [0.1, 0.15) is 11.4 Å². The highest BCUT2D eigenvalue weighted by molar-refractivity contribution is 5.64. The van der Waals surface area contributed by atoms with Crippen LogP contribution in [0.25, 0.3) is 5.69 Å². The summed E-state index contributed by atoms with van der Waals surface area (Å²) in [6.45, 7) is 3.40. The van der Waals surface area contributed by atoms with Gasteiger partial charge in [-0.25, -0.2) is 9.18 Å². The second-order valence-electron chi connectivity index (χ2n) is 6.45. The van der Waals surface area contributed by atoms with E-state index in [0.29, 0.717) is 37.2 Å². The van der Waals surface area contributed by atoms with E-state index in [9.17, 15) is 9.18 Å². The molecule has 1 saturated heterocycles. The van der Waals surface area contributed by atoms with Gasteiger partial charge < -0.3 is 14.7 Å². The molecule has 0 spiro atoms. The number of aromatic nitrogens is 4. The van der Waals surface area contributed by atoms with Crippen molar-refractivity contribution in [2.45, 2.75) is 32.6 Å². The molecule has 0 unspecified atom stereocenters. The summed E-state index contributed by atoms with van der Waals surface area (Å²) in [5.74, 6) is 1.05. The van der Waals surface area contributed by atoms with E-state index in [0.717, 1.165) is 25.7 Å². The van der Waals surface area contributed by atoms with Gasteiger partial charge in [0.15, 0.2) is 11.6 Å². The van der Waals surface area contributed by atoms with Gasteiger partial charge in [0.25, 0.3) is 0 Å². The second-order valence-corrected chi connectivity index (χ2v) is 6.45. The van der Waals surface area contributed by atoms with Gasteiger partial charge in [0.2, 0.25) is 0 Å². The molecule has 9 heteroatoms. The van der Waals surface area contributed by atoms with E-state index in [4.69, 9.17) is 9.84 Å². The molecule has 1 fully saturated rings. The van der Waals surface area contributed by atoms with Crippen molar-refractivity contribution in [2.75, 3.05) is 19.7 Å². The highest BCUT2D eigenvalue weighted by Crippen LogP contribution is 2.23. The minimum atomic E-state index is -0.839. The fraction of sp³-hybridized carbons (Fsp3) is 0.529. The van der Waals surface area contributed by atoms with Crippen molar-refractivity contribution < 1.29 is 19.0 Å². The Bertz CT molecular complexity index is 759. The SMILES string of the molecule is Cc1nnnn1-c1ccc(OCCCC2CCN(C(=O)O)CC2)cc1F. The number of ether oxygens (including phenoxy) is 1. The van der Waals surface area contributed by atoms with Crippen molar-refractivity contribution in [1.29, 1.82) is 0 Å². The topological polar surface area (TPSA) is 93.4 Å². The van der Waals surface area contributed by atoms with E-state index in [1.807, 2.05) is 0 Å². The van der Waals surface area contributed by atoms with Crippen molar-refractivity contribution in [2.24, 2.45) is 5.92 Å². The number of rotatable bonds is 6. The fourth-order valence-electron chi connectivity index (χ4n) is 3.18. The van der Waals surface area contributed by atoms with E-state index >= 15 is 0 Å². The Hall–Kier alpha value is -2.71. The van der Waals surface area contributed by atoms with Crippen LogP contribution in [0.15, 0.2) is 18.2 Å². The lowest BCUT2D eigenvalue weighted by molar-refractivity contribution is 0.121. The molecule has 1 amide bonds. The standard InChI is InChI=1S/C17H22FN5O3/c1-12-19-20-21-23(12)16-5-4-14(11-15(16)18)26-10-2-3-13-6-8-22(9-7-13)17(24)25/h4-5,11,13H,2-3,6-10H2,1H3,(H,24,25). The molecule has 0 bridgehead atoms. The maximum absolute atomic E-state index is 14.2. The largest absolute Gasteiger partial charge is 0.493 e. The molecule has 26 heavy (non-hydrogen) atoms. The quantitative estimate of drug-likeness (QED) is 0.793. The maximum Gasteiger partial charge on any atom is 0.407 e. The van der Waals surface area contributed by atoms with Crippen molar-refractivity contribution in [1.82, 2.24) is 25.1 Å². The van der Waals surface area contributed by atoms with Crippen LogP contribution >= 0.6 is 0 Å². The van der Waals surface area contributed by atoms with Crippen LogP contribution in [-0.2, 0) is 0 Å². The minimum absolute atomic E-state index is 0.282. The number of tetrazole rings is 1. The Kier molecular flexibility index (Phi) is 5.65. The normalized spacial score (nSPS) is 15.2. The fourth-order valence-corrected chi connectivity index (χ4v) is 3.18. The van der Waals surface area contributed by atoms with Crippen LogP contribution in [0.3, 0.4) is 0 Å². The summed E-state index contributed by atoms with van der Waals surface area (Å²) in [6.07, 6.45) is 2.78. The first kappa shape index (κ1) is 18.1. The van der Waals surface area contributed by atoms with Crippen LogP contribution in [0.1, 0.15) is 31.5 Å². The van der Waals surface area contributed by atoms with Crippen LogP contribution in [0.5, 0.6) is 5.75 Å². The van der Waals surface area contributed by atoms with Crippen LogP contribution in [0.2, 0.25) is 0 Å². The third-order valence-electron chi connectivity index (χ3n) is 4.68. The van der Waals surface area contributed by atoms with Gasteiger partial charge in [-0.15, -0.1) is 5.10 Å².